The predicted octanol–water partition coefficient (Wildman–Crippen LogP) is 2.90. The molecule has 1 heterocycles. The van der Waals surface area contributed by atoms with E-state index in [1.54, 1.807) is 0 Å². The van der Waals surface area contributed by atoms with E-state index in [-0.39, 0.29) is 5.54 Å². The van der Waals surface area contributed by atoms with Gasteiger partial charge in [0.05, 0.1) is 13.2 Å². The van der Waals surface area contributed by atoms with Gasteiger partial charge in [0.15, 0.2) is 0 Å². The summed E-state index contributed by atoms with van der Waals surface area (Å²) in [5.41, 5.74) is 0.210. The fourth-order valence-corrected chi connectivity index (χ4v) is 3.24. The van der Waals surface area contributed by atoms with E-state index in [2.05, 4.69) is 44.8 Å². The topological polar surface area (TPSA) is 24.5 Å². The van der Waals surface area contributed by atoms with Crippen LogP contribution in [0.5, 0.6) is 0 Å². The minimum absolute atomic E-state index is 0.210. The van der Waals surface area contributed by atoms with E-state index in [9.17, 15) is 0 Å². The monoisotopic (exact) mass is 270 g/mol. The molecular weight excluding hydrogens is 236 g/mol. The fourth-order valence-electron chi connectivity index (χ4n) is 3.24. The van der Waals surface area contributed by atoms with E-state index < -0.39 is 0 Å². The first kappa shape index (κ1) is 16.9. The van der Waals surface area contributed by atoms with E-state index in [0.29, 0.717) is 6.04 Å². The molecular formula is C16H34N2O. The van der Waals surface area contributed by atoms with Crippen LogP contribution in [0.25, 0.3) is 0 Å². The lowest BCUT2D eigenvalue weighted by Crippen LogP contribution is -2.60. The molecule has 3 nitrogen and oxygen atoms in total. The zero-order valence-electron chi connectivity index (χ0n) is 13.7. The smallest absolute Gasteiger partial charge is 0.0594 e. The molecule has 0 saturated carbocycles. The molecule has 1 aliphatic heterocycles. The first-order chi connectivity index (χ1) is 9.02. The lowest BCUT2D eigenvalue weighted by molar-refractivity contribution is -0.0260. The Morgan fingerprint density at radius 1 is 1.21 bits per heavy atom. The SMILES string of the molecule is CCCC(C)CC(NCC)C(C)(C)N1CCOCC1. The Morgan fingerprint density at radius 3 is 2.37 bits per heavy atom. The summed E-state index contributed by atoms with van der Waals surface area (Å²) in [6.07, 6.45) is 3.89. The van der Waals surface area contributed by atoms with Crippen LogP contribution in [0, 0.1) is 5.92 Å². The Labute approximate surface area is 120 Å². The van der Waals surface area contributed by atoms with Crippen molar-refractivity contribution in [2.45, 2.75) is 65.5 Å². The molecule has 2 unspecified atom stereocenters. The molecule has 0 spiro atoms. The highest BCUT2D eigenvalue weighted by Gasteiger charge is 2.36. The maximum absolute atomic E-state index is 5.49. The van der Waals surface area contributed by atoms with Crippen molar-refractivity contribution < 1.29 is 4.74 Å². The molecule has 114 valence electrons. The lowest BCUT2D eigenvalue weighted by atomic mass is 9.84. The van der Waals surface area contributed by atoms with Gasteiger partial charge in [-0.1, -0.05) is 33.6 Å². The van der Waals surface area contributed by atoms with Crippen molar-refractivity contribution in [3.8, 4) is 0 Å². The first-order valence-electron chi connectivity index (χ1n) is 8.08. The maximum Gasteiger partial charge on any atom is 0.0594 e. The summed E-state index contributed by atoms with van der Waals surface area (Å²) in [6, 6.07) is 0.567. The van der Waals surface area contributed by atoms with Crippen LogP contribution in [0.4, 0.5) is 0 Å². The second-order valence-corrected chi connectivity index (χ2v) is 6.49. The van der Waals surface area contributed by atoms with Gasteiger partial charge in [0.25, 0.3) is 0 Å². The number of hydrogen-bond donors (Lipinski definition) is 1. The normalized spacial score (nSPS) is 21.3. The third-order valence-electron chi connectivity index (χ3n) is 4.55. The minimum atomic E-state index is 0.210. The van der Waals surface area contributed by atoms with E-state index in [1.165, 1.54) is 19.3 Å². The largest absolute Gasteiger partial charge is 0.379 e. The number of nitrogens with zero attached hydrogens (tertiary/aromatic N) is 1. The van der Waals surface area contributed by atoms with E-state index in [1.807, 2.05) is 0 Å². The Balaban J connectivity index is 2.65. The molecule has 2 atom stereocenters. The van der Waals surface area contributed by atoms with Gasteiger partial charge in [-0.15, -0.1) is 0 Å². The predicted molar refractivity (Wildman–Crippen MR) is 82.6 cm³/mol. The average molecular weight is 270 g/mol. The molecule has 0 radical (unpaired) electrons. The molecule has 1 saturated heterocycles. The first-order valence-corrected chi connectivity index (χ1v) is 8.08. The van der Waals surface area contributed by atoms with Crippen molar-refractivity contribution >= 4 is 0 Å². The molecule has 0 amide bonds. The average Bonchev–Trinajstić information content (AvgIpc) is 2.39. The summed E-state index contributed by atoms with van der Waals surface area (Å²) in [5, 5.41) is 3.73. The van der Waals surface area contributed by atoms with Gasteiger partial charge in [0, 0.05) is 24.7 Å². The molecule has 0 aromatic rings. The molecule has 0 aromatic carbocycles. The standard InChI is InChI=1S/C16H34N2O/c1-6-8-14(3)13-15(17-7-2)16(4,5)18-9-11-19-12-10-18/h14-15,17H,6-13H2,1-5H3. The summed E-state index contributed by atoms with van der Waals surface area (Å²) in [6.45, 7) is 16.6. The highest BCUT2D eigenvalue weighted by atomic mass is 16.5. The van der Waals surface area contributed by atoms with Gasteiger partial charge in [-0.25, -0.2) is 0 Å². The molecule has 0 aromatic heterocycles. The minimum Gasteiger partial charge on any atom is -0.379 e. The van der Waals surface area contributed by atoms with E-state index in [4.69, 9.17) is 4.74 Å². The van der Waals surface area contributed by atoms with Gasteiger partial charge in [0.2, 0.25) is 0 Å². The van der Waals surface area contributed by atoms with Crippen LogP contribution in [0.1, 0.15) is 53.9 Å². The second kappa shape index (κ2) is 8.23. The Bertz CT molecular complexity index is 237. The molecule has 1 aliphatic rings. The van der Waals surface area contributed by atoms with E-state index in [0.717, 1.165) is 38.8 Å². The lowest BCUT2D eigenvalue weighted by Gasteiger charge is -2.46. The second-order valence-electron chi connectivity index (χ2n) is 6.49. The highest BCUT2D eigenvalue weighted by molar-refractivity contribution is 4.94. The zero-order valence-corrected chi connectivity index (χ0v) is 13.7. The van der Waals surface area contributed by atoms with Gasteiger partial charge in [-0.05, 0) is 32.7 Å². The summed E-state index contributed by atoms with van der Waals surface area (Å²) in [7, 11) is 0. The summed E-state index contributed by atoms with van der Waals surface area (Å²) in [4.78, 5) is 2.60. The Morgan fingerprint density at radius 2 is 1.84 bits per heavy atom. The summed E-state index contributed by atoms with van der Waals surface area (Å²) in [5.74, 6) is 0.800. The molecule has 1 N–H and O–H groups in total. The third kappa shape index (κ3) is 5.05. The van der Waals surface area contributed by atoms with Crippen molar-refractivity contribution in [2.24, 2.45) is 5.92 Å². The van der Waals surface area contributed by atoms with Crippen LogP contribution in [0.2, 0.25) is 0 Å². The summed E-state index contributed by atoms with van der Waals surface area (Å²) >= 11 is 0. The van der Waals surface area contributed by atoms with Gasteiger partial charge < -0.3 is 10.1 Å². The number of morpholine rings is 1. The van der Waals surface area contributed by atoms with Crippen molar-refractivity contribution in [1.29, 1.82) is 0 Å². The number of rotatable bonds is 8. The number of hydrogen-bond acceptors (Lipinski definition) is 3. The molecule has 0 aliphatic carbocycles. The van der Waals surface area contributed by atoms with Crippen LogP contribution in [-0.4, -0.2) is 49.3 Å². The van der Waals surface area contributed by atoms with Crippen LogP contribution in [0.3, 0.4) is 0 Å². The van der Waals surface area contributed by atoms with Crippen LogP contribution < -0.4 is 5.32 Å². The third-order valence-corrected chi connectivity index (χ3v) is 4.55. The number of likely N-dealkylation sites (N-methyl/N-ethyl adjacent to an activating group) is 1. The van der Waals surface area contributed by atoms with Gasteiger partial charge >= 0.3 is 0 Å². The summed E-state index contributed by atoms with van der Waals surface area (Å²) < 4.78 is 5.49. The Kier molecular flexibility index (Phi) is 7.33. The van der Waals surface area contributed by atoms with Crippen LogP contribution in [0.15, 0.2) is 0 Å². The molecule has 19 heavy (non-hydrogen) atoms. The quantitative estimate of drug-likeness (QED) is 0.734. The maximum atomic E-state index is 5.49. The van der Waals surface area contributed by atoms with Crippen molar-refractivity contribution in [3.05, 3.63) is 0 Å². The molecule has 3 heteroatoms. The zero-order chi connectivity index (χ0) is 14.3. The molecule has 1 rings (SSSR count). The molecule has 1 fully saturated rings. The van der Waals surface area contributed by atoms with Crippen molar-refractivity contribution in [1.82, 2.24) is 10.2 Å². The van der Waals surface area contributed by atoms with Crippen LogP contribution in [-0.2, 0) is 4.74 Å². The van der Waals surface area contributed by atoms with Gasteiger partial charge in [-0.3, -0.25) is 4.90 Å². The number of ether oxygens (including phenoxy) is 1. The van der Waals surface area contributed by atoms with Crippen LogP contribution >= 0.6 is 0 Å². The Hall–Kier alpha value is -0.120. The highest BCUT2D eigenvalue weighted by Crippen LogP contribution is 2.26. The van der Waals surface area contributed by atoms with Crippen molar-refractivity contribution in [3.63, 3.8) is 0 Å². The van der Waals surface area contributed by atoms with Crippen molar-refractivity contribution in [2.75, 3.05) is 32.8 Å². The fraction of sp³-hybridized carbons (Fsp3) is 1.00. The molecule has 0 bridgehead atoms. The van der Waals surface area contributed by atoms with E-state index >= 15 is 0 Å². The van der Waals surface area contributed by atoms with Gasteiger partial charge in [0.1, 0.15) is 0 Å². The van der Waals surface area contributed by atoms with Gasteiger partial charge in [-0.2, -0.15) is 0 Å². The number of nitrogens with one attached hydrogen (secondary N) is 1.